The molecule has 0 bridgehead atoms. The Morgan fingerprint density at radius 2 is 1.47 bits per heavy atom. The Morgan fingerprint density at radius 3 is 1.94 bits per heavy atom. The molecule has 3 nitrogen and oxygen atoms in total. The van der Waals surface area contributed by atoms with Gasteiger partial charge in [-0.25, -0.2) is 0 Å². The van der Waals surface area contributed by atoms with Crippen molar-refractivity contribution in [2.24, 2.45) is 0 Å². The standard InChI is InChI=1S/C13H27NO2.Na/c1-3-4-5-6-7-8-9-10-11-14(2)12-13(15)16;/h3-12H2,1-2H3,(H,15,16);/q;+1/p-1. The molecule has 0 heterocycles. The van der Waals surface area contributed by atoms with E-state index in [1.54, 1.807) is 0 Å². The zero-order valence-corrected chi connectivity index (χ0v) is 13.8. The summed E-state index contributed by atoms with van der Waals surface area (Å²) in [6.45, 7) is 3.15. The molecule has 0 amide bonds. The second kappa shape index (κ2) is 14.5. The first-order valence-corrected chi connectivity index (χ1v) is 6.55. The van der Waals surface area contributed by atoms with Gasteiger partial charge in [0.05, 0.1) is 5.97 Å². The Balaban J connectivity index is 0. The minimum Gasteiger partial charge on any atom is -0.549 e. The van der Waals surface area contributed by atoms with Crippen LogP contribution in [-0.2, 0) is 4.79 Å². The van der Waals surface area contributed by atoms with Crippen LogP contribution in [0.5, 0.6) is 0 Å². The van der Waals surface area contributed by atoms with Crippen molar-refractivity contribution in [3.63, 3.8) is 0 Å². The second-order valence-corrected chi connectivity index (χ2v) is 4.58. The van der Waals surface area contributed by atoms with Crippen LogP contribution < -0.4 is 34.7 Å². The number of carbonyl (C=O) groups excluding carboxylic acids is 1. The van der Waals surface area contributed by atoms with Crippen molar-refractivity contribution < 1.29 is 39.5 Å². The first-order chi connectivity index (χ1) is 7.66. The number of nitrogens with zero attached hydrogens (tertiary/aromatic N) is 1. The Bertz CT molecular complexity index is 177. The van der Waals surface area contributed by atoms with E-state index in [0.29, 0.717) is 0 Å². The van der Waals surface area contributed by atoms with Crippen molar-refractivity contribution in [3.05, 3.63) is 0 Å². The number of carboxylic acid groups (broad SMARTS) is 1. The van der Waals surface area contributed by atoms with Gasteiger partial charge in [-0.1, -0.05) is 51.9 Å². The third kappa shape index (κ3) is 16.4. The average molecular weight is 251 g/mol. The van der Waals surface area contributed by atoms with Gasteiger partial charge < -0.3 is 14.8 Å². The number of aliphatic carboxylic acids is 1. The maximum Gasteiger partial charge on any atom is 1.00 e. The summed E-state index contributed by atoms with van der Waals surface area (Å²) in [6, 6.07) is 0. The molecule has 0 rings (SSSR count). The van der Waals surface area contributed by atoms with Gasteiger partial charge in [-0.05, 0) is 20.0 Å². The van der Waals surface area contributed by atoms with Gasteiger partial charge in [0.2, 0.25) is 0 Å². The fourth-order valence-corrected chi connectivity index (χ4v) is 1.82. The Morgan fingerprint density at radius 1 is 1.00 bits per heavy atom. The van der Waals surface area contributed by atoms with Gasteiger partial charge in [0, 0.05) is 6.54 Å². The predicted octanol–water partition coefficient (Wildman–Crippen LogP) is -1.19. The van der Waals surface area contributed by atoms with Gasteiger partial charge in [-0.3, -0.25) is 0 Å². The molecule has 0 saturated heterocycles. The number of hydrogen-bond acceptors (Lipinski definition) is 3. The summed E-state index contributed by atoms with van der Waals surface area (Å²) >= 11 is 0. The zero-order valence-electron chi connectivity index (χ0n) is 11.8. The number of rotatable bonds is 11. The van der Waals surface area contributed by atoms with Crippen LogP contribution in [0.25, 0.3) is 0 Å². The maximum absolute atomic E-state index is 10.3. The molecule has 0 aliphatic rings. The minimum absolute atomic E-state index is 0. The van der Waals surface area contributed by atoms with Crippen molar-refractivity contribution in [3.8, 4) is 0 Å². The van der Waals surface area contributed by atoms with Crippen molar-refractivity contribution in [1.82, 2.24) is 4.90 Å². The smallest absolute Gasteiger partial charge is 0.549 e. The molecule has 0 atom stereocenters. The SMILES string of the molecule is CCCCCCCCCCN(C)CC(=O)[O-].[Na+]. The third-order valence-corrected chi connectivity index (χ3v) is 2.79. The van der Waals surface area contributed by atoms with E-state index in [0.717, 1.165) is 13.0 Å². The van der Waals surface area contributed by atoms with E-state index in [2.05, 4.69) is 6.92 Å². The van der Waals surface area contributed by atoms with Crippen LogP contribution in [0.3, 0.4) is 0 Å². The predicted molar refractivity (Wildman–Crippen MR) is 65.1 cm³/mol. The molecule has 4 heteroatoms. The summed E-state index contributed by atoms with van der Waals surface area (Å²) in [5, 5.41) is 10.3. The van der Waals surface area contributed by atoms with Crippen LogP contribution in [-0.4, -0.2) is 31.0 Å². The Hall–Kier alpha value is 0.430. The van der Waals surface area contributed by atoms with Gasteiger partial charge >= 0.3 is 29.6 Å². The fraction of sp³-hybridized carbons (Fsp3) is 0.923. The molecule has 96 valence electrons. The minimum atomic E-state index is -0.984. The normalized spacial score (nSPS) is 10.3. The van der Waals surface area contributed by atoms with Crippen LogP contribution in [0.1, 0.15) is 58.3 Å². The summed E-state index contributed by atoms with van der Waals surface area (Å²) in [4.78, 5) is 12.1. The van der Waals surface area contributed by atoms with Crippen molar-refractivity contribution in [2.75, 3.05) is 20.1 Å². The van der Waals surface area contributed by atoms with Gasteiger partial charge in [-0.15, -0.1) is 0 Å². The fourth-order valence-electron chi connectivity index (χ4n) is 1.82. The molecule has 0 aliphatic carbocycles. The van der Waals surface area contributed by atoms with E-state index in [9.17, 15) is 9.90 Å². The van der Waals surface area contributed by atoms with E-state index < -0.39 is 5.97 Å². The molecule has 0 aromatic heterocycles. The molecule has 17 heavy (non-hydrogen) atoms. The van der Waals surface area contributed by atoms with Crippen LogP contribution in [0.15, 0.2) is 0 Å². The van der Waals surface area contributed by atoms with Crippen molar-refractivity contribution >= 4 is 5.97 Å². The van der Waals surface area contributed by atoms with Gasteiger partial charge in [0.25, 0.3) is 0 Å². The van der Waals surface area contributed by atoms with E-state index in [4.69, 9.17) is 0 Å². The van der Waals surface area contributed by atoms with Crippen molar-refractivity contribution in [2.45, 2.75) is 58.3 Å². The van der Waals surface area contributed by atoms with Gasteiger partial charge in [0.1, 0.15) is 0 Å². The molecule has 0 aromatic carbocycles. The number of unbranched alkanes of at least 4 members (excludes halogenated alkanes) is 7. The molecule has 0 aliphatic heterocycles. The van der Waals surface area contributed by atoms with Crippen LogP contribution in [0.2, 0.25) is 0 Å². The quantitative estimate of drug-likeness (QED) is 0.343. The zero-order chi connectivity index (χ0) is 12.2. The first kappa shape index (κ1) is 19.8. The summed E-state index contributed by atoms with van der Waals surface area (Å²) in [7, 11) is 1.83. The number of hydrogen-bond donors (Lipinski definition) is 0. The number of carboxylic acids is 1. The second-order valence-electron chi connectivity index (χ2n) is 4.58. The van der Waals surface area contributed by atoms with E-state index >= 15 is 0 Å². The molecule has 0 aromatic rings. The summed E-state index contributed by atoms with van der Waals surface area (Å²) in [5.74, 6) is -0.984. The topological polar surface area (TPSA) is 43.4 Å². The molecule has 0 radical (unpaired) electrons. The van der Waals surface area contributed by atoms with Crippen molar-refractivity contribution in [1.29, 1.82) is 0 Å². The summed E-state index contributed by atoms with van der Waals surface area (Å²) in [6.07, 6.45) is 10.3. The van der Waals surface area contributed by atoms with E-state index in [1.807, 2.05) is 11.9 Å². The molecular weight excluding hydrogens is 225 g/mol. The van der Waals surface area contributed by atoms with Gasteiger partial charge in [-0.2, -0.15) is 0 Å². The van der Waals surface area contributed by atoms with Gasteiger partial charge in [0.15, 0.2) is 0 Å². The number of likely N-dealkylation sites (N-methyl/N-ethyl adjacent to an activating group) is 1. The molecule has 0 fully saturated rings. The van der Waals surface area contributed by atoms with E-state index in [-0.39, 0.29) is 36.1 Å². The van der Waals surface area contributed by atoms with E-state index in [1.165, 1.54) is 44.9 Å². The molecule has 0 unspecified atom stereocenters. The Labute approximate surface area is 128 Å². The first-order valence-electron chi connectivity index (χ1n) is 6.55. The third-order valence-electron chi connectivity index (χ3n) is 2.79. The summed E-state index contributed by atoms with van der Waals surface area (Å²) < 4.78 is 0. The molecule has 0 spiro atoms. The average Bonchev–Trinajstić information content (AvgIpc) is 2.21. The van der Waals surface area contributed by atoms with Crippen LogP contribution in [0, 0.1) is 0 Å². The van der Waals surface area contributed by atoms with Crippen LogP contribution in [0.4, 0.5) is 0 Å². The molecule has 0 saturated carbocycles. The molecule has 0 N–H and O–H groups in total. The Kier molecular flexibility index (Phi) is 16.8. The maximum atomic E-state index is 10.3. The van der Waals surface area contributed by atoms with Crippen LogP contribution >= 0.6 is 0 Å². The molecular formula is C13H26NNaO2. The largest absolute Gasteiger partial charge is 1.00 e. The number of carbonyl (C=O) groups is 1. The summed E-state index contributed by atoms with van der Waals surface area (Å²) in [5.41, 5.74) is 0. The monoisotopic (exact) mass is 251 g/mol.